The third-order valence-electron chi connectivity index (χ3n) is 2.91. The highest BCUT2D eigenvalue weighted by Gasteiger charge is 2.47. The Balaban J connectivity index is 2.92. The lowest BCUT2D eigenvalue weighted by molar-refractivity contribution is -0.481. The average Bonchev–Trinajstić information content (AvgIpc) is 2.73. The molecule has 0 bridgehead atoms. The molecule has 0 aliphatic carbocycles. The minimum Gasteiger partial charge on any atom is -0.368 e. The van der Waals surface area contributed by atoms with Crippen LogP contribution in [0.4, 0.5) is 0 Å². The second kappa shape index (κ2) is 7.31. The van der Waals surface area contributed by atoms with Crippen molar-refractivity contribution in [3.8, 4) is 0 Å². The van der Waals surface area contributed by atoms with Gasteiger partial charge in [-0.05, 0) is 13.8 Å². The third-order valence-corrected chi connectivity index (χ3v) is 5.55. The molecule has 3 unspecified atom stereocenters. The molecule has 0 aromatic rings. The van der Waals surface area contributed by atoms with Crippen molar-refractivity contribution in [3.05, 3.63) is 10.1 Å². The first kappa shape index (κ1) is 16.5. The average molecular weight is 297 g/mol. The van der Waals surface area contributed by atoms with E-state index in [-0.39, 0.29) is 26.2 Å². The van der Waals surface area contributed by atoms with Gasteiger partial charge in [0.15, 0.2) is 6.29 Å². The van der Waals surface area contributed by atoms with Crippen molar-refractivity contribution >= 4 is 7.60 Å². The van der Waals surface area contributed by atoms with Crippen LogP contribution in [0.25, 0.3) is 0 Å². The topological polar surface area (TPSA) is 108 Å². The van der Waals surface area contributed by atoms with E-state index < -0.39 is 36.9 Å². The molecule has 1 rings (SSSR count). The van der Waals surface area contributed by atoms with Crippen molar-refractivity contribution in [2.45, 2.75) is 32.2 Å². The van der Waals surface area contributed by atoms with Crippen LogP contribution in [0.1, 0.15) is 20.3 Å². The van der Waals surface area contributed by atoms with Crippen LogP contribution in [0.3, 0.4) is 0 Å². The smallest absolute Gasteiger partial charge is 0.340 e. The summed E-state index contributed by atoms with van der Waals surface area (Å²) in [6, 6.07) is 0. The molecule has 19 heavy (non-hydrogen) atoms. The zero-order valence-electron chi connectivity index (χ0n) is 11.1. The Hall–Kier alpha value is -0.530. The van der Waals surface area contributed by atoms with E-state index in [1.807, 2.05) is 0 Å². The summed E-state index contributed by atoms with van der Waals surface area (Å²) in [6.45, 7) is 3.16. The van der Waals surface area contributed by atoms with Gasteiger partial charge in [-0.1, -0.05) is 0 Å². The summed E-state index contributed by atoms with van der Waals surface area (Å²) < 4.78 is 28.0. The lowest BCUT2D eigenvalue weighted by Gasteiger charge is -2.26. The number of hydrogen-bond donors (Lipinski definition) is 1. The highest BCUT2D eigenvalue weighted by Crippen LogP contribution is 2.56. The van der Waals surface area contributed by atoms with Gasteiger partial charge >= 0.3 is 7.60 Å². The third kappa shape index (κ3) is 4.50. The van der Waals surface area contributed by atoms with E-state index in [2.05, 4.69) is 0 Å². The van der Waals surface area contributed by atoms with Crippen molar-refractivity contribution in [2.75, 3.05) is 26.4 Å². The van der Waals surface area contributed by atoms with Crippen LogP contribution >= 0.6 is 7.60 Å². The molecule has 1 aliphatic heterocycles. The van der Waals surface area contributed by atoms with Crippen molar-refractivity contribution in [1.82, 2.24) is 0 Å². The second-order valence-electron chi connectivity index (χ2n) is 4.24. The molecule has 112 valence electrons. The number of aliphatic hydroxyl groups is 1. The summed E-state index contributed by atoms with van der Waals surface area (Å²) in [4.78, 5) is 10.2. The van der Waals surface area contributed by atoms with Gasteiger partial charge in [0.25, 0.3) is 0 Å². The molecule has 0 saturated carbocycles. The van der Waals surface area contributed by atoms with Gasteiger partial charge in [0, 0.05) is 17.3 Å². The van der Waals surface area contributed by atoms with Gasteiger partial charge in [0.2, 0.25) is 6.54 Å². The number of aliphatic hydroxyl groups excluding tert-OH is 1. The van der Waals surface area contributed by atoms with Gasteiger partial charge in [-0.25, -0.2) is 0 Å². The molecule has 0 aromatic carbocycles. The first-order chi connectivity index (χ1) is 8.92. The SMILES string of the molecule is CCOP(=O)(OCC)C(C[N+](=O)[O-])C1COC(O)C1. The molecule has 1 fully saturated rings. The summed E-state index contributed by atoms with van der Waals surface area (Å²) in [5.41, 5.74) is -0.903. The highest BCUT2D eigenvalue weighted by atomic mass is 31.2. The van der Waals surface area contributed by atoms with Gasteiger partial charge in [-0.2, -0.15) is 0 Å². The number of ether oxygens (including phenoxy) is 1. The van der Waals surface area contributed by atoms with E-state index in [1.165, 1.54) is 0 Å². The number of nitrogens with zero attached hydrogens (tertiary/aromatic N) is 1. The maximum Gasteiger partial charge on any atom is 0.340 e. The Morgan fingerprint density at radius 1 is 1.47 bits per heavy atom. The molecule has 0 aromatic heterocycles. The van der Waals surface area contributed by atoms with Gasteiger partial charge < -0.3 is 18.9 Å². The fourth-order valence-electron chi connectivity index (χ4n) is 2.15. The predicted octanol–water partition coefficient (Wildman–Crippen LogP) is 1.25. The summed E-state index contributed by atoms with van der Waals surface area (Å²) in [5.74, 6) is -0.413. The molecular formula is C10H20NO7P. The van der Waals surface area contributed by atoms with E-state index in [9.17, 15) is 19.8 Å². The maximum absolute atomic E-state index is 12.7. The van der Waals surface area contributed by atoms with Crippen LogP contribution < -0.4 is 0 Å². The Bertz CT molecular complexity index is 341. The van der Waals surface area contributed by atoms with Gasteiger partial charge in [0.1, 0.15) is 5.66 Å². The standard InChI is InChI=1S/C10H20NO7P/c1-3-17-19(15,18-4-2)9(6-11(13)14)8-5-10(12)16-7-8/h8-10,12H,3-7H2,1-2H3. The lowest BCUT2D eigenvalue weighted by atomic mass is 10.0. The van der Waals surface area contributed by atoms with E-state index in [0.29, 0.717) is 0 Å². The number of rotatable bonds is 8. The molecule has 1 saturated heterocycles. The Labute approximate surface area is 111 Å². The quantitative estimate of drug-likeness (QED) is 0.408. The molecular weight excluding hydrogens is 277 g/mol. The second-order valence-corrected chi connectivity index (χ2v) is 6.50. The van der Waals surface area contributed by atoms with Crippen molar-refractivity contribution < 1.29 is 28.4 Å². The summed E-state index contributed by atoms with van der Waals surface area (Å²) in [7, 11) is -3.59. The van der Waals surface area contributed by atoms with Crippen molar-refractivity contribution in [1.29, 1.82) is 0 Å². The monoisotopic (exact) mass is 297 g/mol. The zero-order valence-corrected chi connectivity index (χ0v) is 12.0. The molecule has 0 radical (unpaired) electrons. The molecule has 0 amide bonds. The first-order valence-corrected chi connectivity index (χ1v) is 7.84. The number of nitro groups is 1. The number of hydrogen-bond acceptors (Lipinski definition) is 7. The largest absolute Gasteiger partial charge is 0.368 e. The molecule has 8 nitrogen and oxygen atoms in total. The van der Waals surface area contributed by atoms with E-state index in [1.54, 1.807) is 13.8 Å². The van der Waals surface area contributed by atoms with Crippen LogP contribution in [0.2, 0.25) is 0 Å². The molecule has 0 spiro atoms. The van der Waals surface area contributed by atoms with E-state index >= 15 is 0 Å². The van der Waals surface area contributed by atoms with Crippen LogP contribution in [-0.4, -0.2) is 48.3 Å². The maximum atomic E-state index is 12.7. The van der Waals surface area contributed by atoms with Gasteiger partial charge in [-0.3, -0.25) is 14.7 Å². The molecule has 1 aliphatic rings. The minimum atomic E-state index is -3.59. The fraction of sp³-hybridized carbons (Fsp3) is 1.00. The van der Waals surface area contributed by atoms with Gasteiger partial charge in [-0.15, -0.1) is 0 Å². The Morgan fingerprint density at radius 2 is 2.05 bits per heavy atom. The summed E-state index contributed by atoms with van der Waals surface area (Å²) in [6.07, 6.45) is -0.779. The molecule has 9 heteroatoms. The van der Waals surface area contributed by atoms with Crippen LogP contribution in [0, 0.1) is 16.0 Å². The Morgan fingerprint density at radius 3 is 2.42 bits per heavy atom. The van der Waals surface area contributed by atoms with Crippen molar-refractivity contribution in [2.24, 2.45) is 5.92 Å². The lowest BCUT2D eigenvalue weighted by Crippen LogP contribution is -2.31. The fourth-order valence-corrected chi connectivity index (χ4v) is 4.38. The highest BCUT2D eigenvalue weighted by molar-refractivity contribution is 7.54. The van der Waals surface area contributed by atoms with Gasteiger partial charge in [0.05, 0.1) is 19.8 Å². The minimum absolute atomic E-state index is 0.115. The normalized spacial score (nSPS) is 25.4. The first-order valence-electron chi connectivity index (χ1n) is 6.23. The van der Waals surface area contributed by atoms with E-state index in [0.717, 1.165) is 0 Å². The van der Waals surface area contributed by atoms with Crippen molar-refractivity contribution in [3.63, 3.8) is 0 Å². The van der Waals surface area contributed by atoms with Crippen LogP contribution in [0.5, 0.6) is 0 Å². The Kier molecular flexibility index (Phi) is 6.35. The summed E-state index contributed by atoms with van der Waals surface area (Å²) in [5, 5.41) is 20.1. The summed E-state index contributed by atoms with van der Waals surface area (Å²) >= 11 is 0. The zero-order chi connectivity index (χ0) is 14.5. The molecule has 3 atom stereocenters. The van der Waals surface area contributed by atoms with Crippen LogP contribution in [-0.2, 0) is 18.3 Å². The predicted molar refractivity (Wildman–Crippen MR) is 66.6 cm³/mol. The van der Waals surface area contributed by atoms with E-state index in [4.69, 9.17) is 13.8 Å². The molecule has 1 heterocycles. The van der Waals surface area contributed by atoms with Crippen LogP contribution in [0.15, 0.2) is 0 Å². The molecule has 1 N–H and O–H groups in total.